The molecule has 1 aromatic rings. The molecule has 1 heterocycles. The summed E-state index contributed by atoms with van der Waals surface area (Å²) in [5.41, 5.74) is 1.78. The first-order valence-electron chi connectivity index (χ1n) is 10.5. The summed E-state index contributed by atoms with van der Waals surface area (Å²) < 4.78 is 32.3. The summed E-state index contributed by atoms with van der Waals surface area (Å²) in [5, 5.41) is 6.63. The average Bonchev–Trinajstić information content (AvgIpc) is 2.71. The van der Waals surface area contributed by atoms with E-state index in [2.05, 4.69) is 29.5 Å². The first-order valence-corrected chi connectivity index (χ1v) is 12.1. The minimum absolute atomic E-state index is 0.00604. The van der Waals surface area contributed by atoms with E-state index in [-0.39, 0.29) is 5.75 Å². The molecule has 1 fully saturated rings. The van der Waals surface area contributed by atoms with Crippen molar-refractivity contribution in [2.24, 2.45) is 10.9 Å². The van der Waals surface area contributed by atoms with E-state index in [1.165, 1.54) is 17.1 Å². The normalized spacial score (nSPS) is 16.2. The van der Waals surface area contributed by atoms with Crippen LogP contribution in [0.5, 0.6) is 0 Å². The molecule has 0 aliphatic carbocycles. The highest BCUT2D eigenvalue weighted by atomic mass is 32.2. The zero-order valence-corrected chi connectivity index (χ0v) is 18.8. The number of benzene rings is 1. The van der Waals surface area contributed by atoms with Gasteiger partial charge < -0.3 is 15.4 Å². The van der Waals surface area contributed by atoms with E-state index >= 15 is 0 Å². The standard InChI is InChI=1S/C21H36N4O3S/c1-18(2)8-6-7-11-23-21(22-3)24-16-19-9-4-5-10-20(19)17-29(26,27)25-12-14-28-15-13-25/h4-5,9-10,18H,6-8,11-17H2,1-3H3,(H2,22,23,24). The molecule has 7 nitrogen and oxygen atoms in total. The summed E-state index contributed by atoms with van der Waals surface area (Å²) in [6.07, 6.45) is 3.54. The van der Waals surface area contributed by atoms with Gasteiger partial charge >= 0.3 is 0 Å². The predicted octanol–water partition coefficient (Wildman–Crippen LogP) is 2.34. The van der Waals surface area contributed by atoms with Crippen LogP contribution in [-0.2, 0) is 27.1 Å². The zero-order valence-electron chi connectivity index (χ0n) is 18.0. The van der Waals surface area contributed by atoms with Crippen LogP contribution in [0.1, 0.15) is 44.2 Å². The Kier molecular flexibility index (Phi) is 9.90. The average molecular weight is 425 g/mol. The van der Waals surface area contributed by atoms with Gasteiger partial charge in [0.15, 0.2) is 5.96 Å². The van der Waals surface area contributed by atoms with Crippen molar-refractivity contribution in [2.75, 3.05) is 39.9 Å². The van der Waals surface area contributed by atoms with Gasteiger partial charge in [0.1, 0.15) is 0 Å². The molecule has 0 amide bonds. The fourth-order valence-electron chi connectivity index (χ4n) is 3.27. The van der Waals surface area contributed by atoms with Crippen LogP contribution in [0.4, 0.5) is 0 Å². The van der Waals surface area contributed by atoms with Crippen molar-refractivity contribution >= 4 is 16.0 Å². The van der Waals surface area contributed by atoms with E-state index in [0.29, 0.717) is 32.8 Å². The van der Waals surface area contributed by atoms with Gasteiger partial charge in [-0.2, -0.15) is 4.31 Å². The van der Waals surface area contributed by atoms with Gasteiger partial charge in [0, 0.05) is 33.2 Å². The van der Waals surface area contributed by atoms with E-state index in [9.17, 15) is 8.42 Å². The highest BCUT2D eigenvalue weighted by Crippen LogP contribution is 2.16. The minimum Gasteiger partial charge on any atom is -0.379 e. The Morgan fingerprint density at radius 1 is 1.14 bits per heavy atom. The number of ether oxygens (including phenoxy) is 1. The van der Waals surface area contributed by atoms with Crippen molar-refractivity contribution in [3.05, 3.63) is 35.4 Å². The molecule has 0 unspecified atom stereocenters. The summed E-state index contributed by atoms with van der Waals surface area (Å²) in [6, 6.07) is 7.67. The van der Waals surface area contributed by atoms with Crippen LogP contribution in [0.3, 0.4) is 0 Å². The lowest BCUT2D eigenvalue weighted by Crippen LogP contribution is -2.41. The Balaban J connectivity index is 1.89. The van der Waals surface area contributed by atoms with Gasteiger partial charge in [-0.1, -0.05) is 51.0 Å². The van der Waals surface area contributed by atoms with Crippen molar-refractivity contribution in [2.45, 2.75) is 45.4 Å². The number of guanidine groups is 1. The van der Waals surface area contributed by atoms with Gasteiger partial charge in [0.05, 0.1) is 19.0 Å². The molecule has 0 saturated carbocycles. The maximum absolute atomic E-state index is 12.8. The smallest absolute Gasteiger partial charge is 0.218 e. The molecular weight excluding hydrogens is 388 g/mol. The molecule has 0 aromatic heterocycles. The number of sulfonamides is 1. The SMILES string of the molecule is CN=C(NCCCCC(C)C)NCc1ccccc1CS(=O)(=O)N1CCOCC1. The van der Waals surface area contributed by atoms with Crippen LogP contribution in [0.25, 0.3) is 0 Å². The molecule has 1 saturated heterocycles. The second kappa shape index (κ2) is 12.1. The van der Waals surface area contributed by atoms with E-state index in [1.54, 1.807) is 7.05 Å². The molecule has 0 radical (unpaired) electrons. The molecule has 1 aromatic carbocycles. The van der Waals surface area contributed by atoms with Crippen LogP contribution >= 0.6 is 0 Å². The van der Waals surface area contributed by atoms with E-state index in [4.69, 9.17) is 4.74 Å². The van der Waals surface area contributed by atoms with Gasteiger partial charge in [-0.3, -0.25) is 4.99 Å². The first-order chi connectivity index (χ1) is 13.9. The fourth-order valence-corrected chi connectivity index (χ4v) is 4.83. The van der Waals surface area contributed by atoms with Crippen molar-refractivity contribution in [3.63, 3.8) is 0 Å². The molecule has 8 heteroatoms. The fraction of sp³-hybridized carbons (Fsp3) is 0.667. The van der Waals surface area contributed by atoms with Gasteiger partial charge in [-0.05, 0) is 23.5 Å². The number of hydrogen-bond acceptors (Lipinski definition) is 4. The van der Waals surface area contributed by atoms with E-state index in [1.807, 2.05) is 24.3 Å². The summed E-state index contributed by atoms with van der Waals surface area (Å²) in [6.45, 7) is 7.66. The molecule has 0 atom stereocenters. The molecule has 2 N–H and O–H groups in total. The monoisotopic (exact) mass is 424 g/mol. The van der Waals surface area contributed by atoms with Crippen LogP contribution in [0, 0.1) is 5.92 Å². The topological polar surface area (TPSA) is 83.0 Å². The number of unbranched alkanes of at least 4 members (excludes halogenated alkanes) is 1. The first kappa shape index (κ1) is 23.6. The maximum Gasteiger partial charge on any atom is 0.218 e. The number of aliphatic imine (C=N–C) groups is 1. The number of morpholine rings is 1. The van der Waals surface area contributed by atoms with Gasteiger partial charge in [-0.15, -0.1) is 0 Å². The molecule has 1 aliphatic heterocycles. The zero-order chi connectivity index (χ0) is 21.1. The van der Waals surface area contributed by atoms with Crippen molar-refractivity contribution in [1.82, 2.24) is 14.9 Å². The maximum atomic E-state index is 12.8. The third-order valence-corrected chi connectivity index (χ3v) is 6.82. The summed E-state index contributed by atoms with van der Waals surface area (Å²) >= 11 is 0. The number of rotatable bonds is 10. The molecule has 1 aliphatic rings. The Morgan fingerprint density at radius 3 is 2.48 bits per heavy atom. The molecule has 164 valence electrons. The van der Waals surface area contributed by atoms with Crippen LogP contribution < -0.4 is 10.6 Å². The Hall–Kier alpha value is -1.64. The molecule has 29 heavy (non-hydrogen) atoms. The van der Waals surface area contributed by atoms with Crippen LogP contribution in [-0.4, -0.2) is 58.6 Å². The predicted molar refractivity (Wildman–Crippen MR) is 118 cm³/mol. The highest BCUT2D eigenvalue weighted by Gasteiger charge is 2.25. The second-order valence-electron chi connectivity index (χ2n) is 7.78. The van der Waals surface area contributed by atoms with Crippen LogP contribution in [0.15, 0.2) is 29.3 Å². The Bertz CT molecular complexity index is 744. The molecular formula is C21H36N4O3S. The summed E-state index contributed by atoms with van der Waals surface area (Å²) in [5.74, 6) is 1.48. The Morgan fingerprint density at radius 2 is 1.83 bits per heavy atom. The van der Waals surface area contributed by atoms with Gasteiger partial charge in [0.25, 0.3) is 0 Å². The molecule has 0 bridgehead atoms. The highest BCUT2D eigenvalue weighted by molar-refractivity contribution is 7.88. The Labute approximate surface area is 176 Å². The third-order valence-electron chi connectivity index (χ3n) is 4.99. The lowest BCUT2D eigenvalue weighted by atomic mass is 10.1. The molecule has 2 rings (SSSR count). The largest absolute Gasteiger partial charge is 0.379 e. The summed E-state index contributed by atoms with van der Waals surface area (Å²) in [7, 11) is -1.60. The minimum atomic E-state index is -3.35. The quantitative estimate of drug-likeness (QED) is 0.342. The van der Waals surface area contributed by atoms with Crippen molar-refractivity contribution < 1.29 is 13.2 Å². The van der Waals surface area contributed by atoms with Crippen LogP contribution in [0.2, 0.25) is 0 Å². The summed E-state index contributed by atoms with van der Waals surface area (Å²) in [4.78, 5) is 4.27. The van der Waals surface area contributed by atoms with Gasteiger partial charge in [0.2, 0.25) is 10.0 Å². The lowest BCUT2D eigenvalue weighted by molar-refractivity contribution is 0.0729. The second-order valence-corrected chi connectivity index (χ2v) is 9.75. The van der Waals surface area contributed by atoms with Gasteiger partial charge in [-0.25, -0.2) is 8.42 Å². The third kappa shape index (κ3) is 8.32. The lowest BCUT2D eigenvalue weighted by Gasteiger charge is -2.26. The van der Waals surface area contributed by atoms with Crippen molar-refractivity contribution in [3.8, 4) is 0 Å². The van der Waals surface area contributed by atoms with E-state index in [0.717, 1.165) is 36.0 Å². The molecule has 0 spiro atoms. The number of nitrogens with one attached hydrogen (secondary N) is 2. The van der Waals surface area contributed by atoms with Crippen molar-refractivity contribution in [1.29, 1.82) is 0 Å². The van der Waals surface area contributed by atoms with E-state index < -0.39 is 10.0 Å². The number of nitrogens with zero attached hydrogens (tertiary/aromatic N) is 2. The number of hydrogen-bond donors (Lipinski definition) is 2.